The van der Waals surface area contributed by atoms with E-state index in [1.807, 2.05) is 0 Å². The lowest BCUT2D eigenvalue weighted by atomic mass is 9.94. The minimum atomic E-state index is 0.443. The Kier molecular flexibility index (Phi) is 2.16. The highest BCUT2D eigenvalue weighted by Crippen LogP contribution is 2.49. The Morgan fingerprint density at radius 1 is 1.38 bits per heavy atom. The van der Waals surface area contributed by atoms with E-state index in [0.29, 0.717) is 17.4 Å². The summed E-state index contributed by atoms with van der Waals surface area (Å²) in [6, 6.07) is 1.29. The number of likely N-dealkylation sites (tertiary alicyclic amines) is 1. The third kappa shape index (κ3) is 1.75. The molecule has 0 amide bonds. The monoisotopic (exact) mass is 182 g/mol. The molecule has 1 saturated carbocycles. The van der Waals surface area contributed by atoms with Crippen LogP contribution in [0.15, 0.2) is 0 Å². The van der Waals surface area contributed by atoms with Crippen molar-refractivity contribution >= 4 is 0 Å². The highest BCUT2D eigenvalue weighted by molar-refractivity contribution is 5.04. The Balaban J connectivity index is 1.90. The average Bonchev–Trinajstić information content (AvgIpc) is 2.66. The number of hydrogen-bond donors (Lipinski definition) is 1. The second-order valence-corrected chi connectivity index (χ2v) is 5.63. The summed E-state index contributed by atoms with van der Waals surface area (Å²) in [5.74, 6) is 0.685. The van der Waals surface area contributed by atoms with Crippen LogP contribution in [0.25, 0.3) is 0 Å². The first kappa shape index (κ1) is 9.47. The largest absolute Gasteiger partial charge is 0.327 e. The number of piperidine rings is 1. The van der Waals surface area contributed by atoms with Crippen molar-refractivity contribution in [3.05, 3.63) is 0 Å². The molecule has 13 heavy (non-hydrogen) atoms. The van der Waals surface area contributed by atoms with E-state index in [1.54, 1.807) is 0 Å². The van der Waals surface area contributed by atoms with Crippen LogP contribution in [0.5, 0.6) is 0 Å². The van der Waals surface area contributed by atoms with E-state index < -0.39 is 0 Å². The Labute approximate surface area is 81.5 Å². The summed E-state index contributed by atoms with van der Waals surface area (Å²) in [5, 5.41) is 0. The Morgan fingerprint density at radius 3 is 2.46 bits per heavy atom. The van der Waals surface area contributed by atoms with E-state index in [9.17, 15) is 0 Å². The molecule has 1 saturated heterocycles. The second-order valence-electron chi connectivity index (χ2n) is 5.63. The molecule has 0 spiro atoms. The van der Waals surface area contributed by atoms with Gasteiger partial charge in [-0.2, -0.15) is 0 Å². The smallest absolute Gasteiger partial charge is 0.0153 e. The summed E-state index contributed by atoms with van der Waals surface area (Å²) in [7, 11) is 0. The van der Waals surface area contributed by atoms with Crippen LogP contribution in [-0.2, 0) is 0 Å². The molecule has 1 aliphatic heterocycles. The van der Waals surface area contributed by atoms with E-state index >= 15 is 0 Å². The normalized spacial score (nSPS) is 44.8. The predicted molar refractivity (Wildman–Crippen MR) is 55.5 cm³/mol. The SMILES string of the molecule is CC1CN(C2CC2(C)C)CCC1N. The van der Waals surface area contributed by atoms with Crippen LogP contribution in [0, 0.1) is 11.3 Å². The van der Waals surface area contributed by atoms with Crippen LogP contribution in [0.1, 0.15) is 33.6 Å². The molecule has 0 aromatic carbocycles. The van der Waals surface area contributed by atoms with Gasteiger partial charge >= 0.3 is 0 Å². The van der Waals surface area contributed by atoms with Crippen LogP contribution >= 0.6 is 0 Å². The number of rotatable bonds is 1. The molecule has 2 aliphatic rings. The van der Waals surface area contributed by atoms with Crippen molar-refractivity contribution in [1.82, 2.24) is 4.90 Å². The molecular weight excluding hydrogens is 160 g/mol. The van der Waals surface area contributed by atoms with Crippen LogP contribution < -0.4 is 5.73 Å². The van der Waals surface area contributed by atoms with Crippen molar-refractivity contribution in [3.63, 3.8) is 0 Å². The highest BCUT2D eigenvalue weighted by atomic mass is 15.2. The second kappa shape index (κ2) is 2.96. The van der Waals surface area contributed by atoms with Crippen molar-refractivity contribution in [1.29, 1.82) is 0 Å². The fourth-order valence-corrected chi connectivity index (χ4v) is 2.54. The summed E-state index contributed by atoms with van der Waals surface area (Å²) < 4.78 is 0. The molecule has 2 fully saturated rings. The van der Waals surface area contributed by atoms with Gasteiger partial charge in [0.1, 0.15) is 0 Å². The van der Waals surface area contributed by atoms with Gasteiger partial charge < -0.3 is 5.73 Å². The molecule has 0 radical (unpaired) electrons. The maximum absolute atomic E-state index is 6.00. The summed E-state index contributed by atoms with van der Waals surface area (Å²) in [4.78, 5) is 2.65. The minimum absolute atomic E-state index is 0.443. The van der Waals surface area contributed by atoms with E-state index in [4.69, 9.17) is 5.73 Å². The number of nitrogens with two attached hydrogens (primary N) is 1. The van der Waals surface area contributed by atoms with Gasteiger partial charge in [0.25, 0.3) is 0 Å². The Bertz CT molecular complexity index is 200. The minimum Gasteiger partial charge on any atom is -0.327 e. The standard InChI is InChI=1S/C11H22N2/c1-8-7-13(5-4-9(8)12)10-6-11(10,2)3/h8-10H,4-7,12H2,1-3H3. The van der Waals surface area contributed by atoms with Crippen LogP contribution in [0.2, 0.25) is 0 Å². The van der Waals surface area contributed by atoms with Gasteiger partial charge in [-0.15, -0.1) is 0 Å². The van der Waals surface area contributed by atoms with Crippen LogP contribution in [0.4, 0.5) is 0 Å². The van der Waals surface area contributed by atoms with Crippen molar-refractivity contribution < 1.29 is 0 Å². The van der Waals surface area contributed by atoms with Gasteiger partial charge in [0.15, 0.2) is 0 Å². The molecule has 0 aromatic rings. The molecule has 2 N–H and O–H groups in total. The van der Waals surface area contributed by atoms with Gasteiger partial charge in [-0.3, -0.25) is 4.90 Å². The van der Waals surface area contributed by atoms with Gasteiger partial charge in [-0.25, -0.2) is 0 Å². The lowest BCUT2D eigenvalue weighted by Crippen LogP contribution is -2.47. The first-order valence-electron chi connectivity index (χ1n) is 5.50. The Morgan fingerprint density at radius 2 is 2.00 bits per heavy atom. The van der Waals surface area contributed by atoms with Crippen molar-refractivity contribution in [2.24, 2.45) is 17.1 Å². The molecule has 76 valence electrons. The van der Waals surface area contributed by atoms with Crippen LogP contribution in [-0.4, -0.2) is 30.1 Å². The quantitative estimate of drug-likeness (QED) is 0.665. The number of hydrogen-bond acceptors (Lipinski definition) is 2. The highest BCUT2D eigenvalue weighted by Gasteiger charge is 2.50. The van der Waals surface area contributed by atoms with Crippen molar-refractivity contribution in [3.8, 4) is 0 Å². The molecule has 2 rings (SSSR count). The van der Waals surface area contributed by atoms with E-state index in [-0.39, 0.29) is 0 Å². The maximum atomic E-state index is 6.00. The fraction of sp³-hybridized carbons (Fsp3) is 1.00. The molecule has 1 heterocycles. The molecule has 3 unspecified atom stereocenters. The lowest BCUT2D eigenvalue weighted by molar-refractivity contribution is 0.142. The van der Waals surface area contributed by atoms with Gasteiger partial charge in [0, 0.05) is 18.6 Å². The topological polar surface area (TPSA) is 29.3 Å². The molecule has 0 aromatic heterocycles. The first-order valence-corrected chi connectivity index (χ1v) is 5.50. The van der Waals surface area contributed by atoms with Crippen LogP contribution in [0.3, 0.4) is 0 Å². The summed E-state index contributed by atoms with van der Waals surface area (Å²) in [6.07, 6.45) is 2.57. The molecule has 2 heteroatoms. The average molecular weight is 182 g/mol. The predicted octanol–water partition coefficient (Wildman–Crippen LogP) is 1.45. The summed E-state index contributed by atoms with van der Waals surface area (Å²) in [5.41, 5.74) is 6.59. The summed E-state index contributed by atoms with van der Waals surface area (Å²) in [6.45, 7) is 9.47. The zero-order valence-electron chi connectivity index (χ0n) is 9.09. The molecule has 0 bridgehead atoms. The third-order valence-electron chi connectivity index (χ3n) is 3.91. The van der Waals surface area contributed by atoms with Gasteiger partial charge in [-0.1, -0.05) is 20.8 Å². The molecular formula is C11H22N2. The van der Waals surface area contributed by atoms with Gasteiger partial charge in [0.05, 0.1) is 0 Å². The zero-order valence-corrected chi connectivity index (χ0v) is 9.09. The molecule has 1 aliphatic carbocycles. The zero-order chi connectivity index (χ0) is 9.64. The lowest BCUT2D eigenvalue weighted by Gasteiger charge is -2.36. The Hall–Kier alpha value is -0.0800. The van der Waals surface area contributed by atoms with Crippen molar-refractivity contribution in [2.75, 3.05) is 13.1 Å². The van der Waals surface area contributed by atoms with Gasteiger partial charge in [0.2, 0.25) is 0 Å². The van der Waals surface area contributed by atoms with E-state index in [2.05, 4.69) is 25.7 Å². The first-order chi connectivity index (χ1) is 6.00. The van der Waals surface area contributed by atoms with Crippen molar-refractivity contribution in [2.45, 2.75) is 45.7 Å². The summed E-state index contributed by atoms with van der Waals surface area (Å²) >= 11 is 0. The van der Waals surface area contributed by atoms with Gasteiger partial charge in [-0.05, 0) is 30.7 Å². The fourth-order valence-electron chi connectivity index (χ4n) is 2.54. The third-order valence-corrected chi connectivity index (χ3v) is 3.91. The molecule has 2 nitrogen and oxygen atoms in total. The van der Waals surface area contributed by atoms with E-state index in [0.717, 1.165) is 6.04 Å². The maximum Gasteiger partial charge on any atom is 0.0153 e. The van der Waals surface area contributed by atoms with E-state index in [1.165, 1.54) is 25.9 Å². The molecule has 3 atom stereocenters. The number of nitrogens with zero attached hydrogens (tertiary/aromatic N) is 1.